The van der Waals surface area contributed by atoms with Gasteiger partial charge in [0.2, 0.25) is 5.95 Å². The Kier molecular flexibility index (Phi) is 7.26. The minimum absolute atomic E-state index is 0.137. The first-order chi connectivity index (χ1) is 17.6. The van der Waals surface area contributed by atoms with Gasteiger partial charge in [-0.3, -0.25) is 4.99 Å². The van der Waals surface area contributed by atoms with Gasteiger partial charge in [0.1, 0.15) is 0 Å². The molecule has 0 aliphatic rings. The van der Waals surface area contributed by atoms with E-state index in [1.165, 1.54) is 48.5 Å². The van der Waals surface area contributed by atoms with E-state index in [0.717, 1.165) is 12.1 Å². The van der Waals surface area contributed by atoms with E-state index in [0.29, 0.717) is 22.8 Å². The Labute approximate surface area is 209 Å². The van der Waals surface area contributed by atoms with E-state index in [4.69, 9.17) is 4.74 Å². The Hall–Kier alpha value is -3.86. The average molecular weight is 518 g/mol. The highest BCUT2D eigenvalue weighted by Gasteiger charge is 2.53. The summed E-state index contributed by atoms with van der Waals surface area (Å²) < 4.78 is 76.4. The molecule has 0 bridgehead atoms. The van der Waals surface area contributed by atoms with Crippen molar-refractivity contribution >= 4 is 22.8 Å². The van der Waals surface area contributed by atoms with Crippen molar-refractivity contribution in [1.82, 2.24) is 14.8 Å². The highest BCUT2D eigenvalue weighted by molar-refractivity contribution is 5.92. The highest BCUT2D eigenvalue weighted by Crippen LogP contribution is 2.42. The molecule has 0 radical (unpaired) electrons. The molecule has 6 nitrogen and oxygen atoms in total. The molecule has 0 aliphatic carbocycles. The van der Waals surface area contributed by atoms with Crippen LogP contribution in [-0.2, 0) is 0 Å². The Balaban J connectivity index is 1.71. The zero-order chi connectivity index (χ0) is 26.8. The van der Waals surface area contributed by atoms with Gasteiger partial charge in [0.15, 0.2) is 17.2 Å². The second-order valence-corrected chi connectivity index (χ2v) is 8.46. The molecule has 0 saturated heterocycles. The molecule has 2 aromatic carbocycles. The van der Waals surface area contributed by atoms with Crippen molar-refractivity contribution in [1.29, 1.82) is 0 Å². The van der Waals surface area contributed by atoms with Crippen molar-refractivity contribution in [2.45, 2.75) is 37.5 Å². The molecule has 0 aliphatic heterocycles. The number of aromatic nitrogens is 3. The van der Waals surface area contributed by atoms with Crippen LogP contribution in [0.3, 0.4) is 0 Å². The van der Waals surface area contributed by atoms with Crippen molar-refractivity contribution in [3.63, 3.8) is 0 Å². The van der Waals surface area contributed by atoms with E-state index < -0.39 is 35.9 Å². The lowest BCUT2D eigenvalue weighted by Crippen LogP contribution is -2.47. The normalized spacial score (nSPS) is 14.7. The molecule has 4 aromatic rings. The summed E-state index contributed by atoms with van der Waals surface area (Å²) in [6, 6.07) is 11.3. The summed E-state index contributed by atoms with van der Waals surface area (Å²) in [5.74, 6) is -2.42. The maximum Gasteiger partial charge on any atom is 0.422 e. The smallest absolute Gasteiger partial charge is 0.422 e. The first kappa shape index (κ1) is 26.2. The number of hydrogen-bond acceptors (Lipinski definition) is 5. The average Bonchev–Trinajstić information content (AvgIpc) is 3.30. The van der Waals surface area contributed by atoms with E-state index in [-0.39, 0.29) is 23.4 Å². The van der Waals surface area contributed by atoms with Crippen LogP contribution in [0.4, 0.5) is 27.6 Å². The molecule has 0 spiro atoms. The molecule has 2 unspecified atom stereocenters. The maximum atomic E-state index is 14.2. The van der Waals surface area contributed by atoms with Gasteiger partial charge in [0.25, 0.3) is 0 Å². The van der Waals surface area contributed by atoms with E-state index in [1.54, 1.807) is 19.1 Å². The van der Waals surface area contributed by atoms with Crippen LogP contribution in [0.5, 0.6) is 5.75 Å². The van der Waals surface area contributed by atoms with E-state index in [9.17, 15) is 27.1 Å². The molecule has 194 valence electrons. The van der Waals surface area contributed by atoms with Gasteiger partial charge in [-0.2, -0.15) is 22.7 Å². The number of aliphatic hydroxyl groups is 1. The number of nitrogens with zero attached hydrogens (tertiary/aromatic N) is 4. The first-order valence-corrected chi connectivity index (χ1v) is 11.3. The van der Waals surface area contributed by atoms with E-state index >= 15 is 0 Å². The number of halogens is 5. The van der Waals surface area contributed by atoms with Gasteiger partial charge in [-0.05, 0) is 49.1 Å². The second kappa shape index (κ2) is 10.3. The zero-order valence-electron chi connectivity index (χ0n) is 19.9. The molecule has 1 N–H and O–H groups in total. The molecule has 2 aromatic heterocycles. The fourth-order valence-electron chi connectivity index (χ4n) is 4.18. The zero-order valence-corrected chi connectivity index (χ0v) is 19.9. The van der Waals surface area contributed by atoms with Crippen LogP contribution in [0.1, 0.15) is 31.2 Å². The topological polar surface area (TPSA) is 72.5 Å². The number of ether oxygens (including phenoxy) is 1. The standard InChI is InChI=1S/C26H23F5N4O2/c1-3-16(18-6-4-7-20(27)24(18)37-2)12-25(36,26(29,30)31)15-33-21-8-5-9-22-19(21)14-34-35(22)17-10-11-23(28)32-13-17/h4-11,13-16,36H,3,12H2,1-2H3. The molecule has 11 heteroatoms. The molecule has 0 saturated carbocycles. The molecule has 37 heavy (non-hydrogen) atoms. The lowest BCUT2D eigenvalue weighted by Gasteiger charge is -2.31. The van der Waals surface area contributed by atoms with Gasteiger partial charge in [-0.25, -0.2) is 14.1 Å². The lowest BCUT2D eigenvalue weighted by molar-refractivity contribution is -0.232. The second-order valence-electron chi connectivity index (χ2n) is 8.46. The Morgan fingerprint density at radius 1 is 1.08 bits per heavy atom. The third-order valence-corrected chi connectivity index (χ3v) is 6.15. The molecule has 4 rings (SSSR count). The summed E-state index contributed by atoms with van der Waals surface area (Å²) in [6.07, 6.45) is -2.54. The van der Waals surface area contributed by atoms with Crippen LogP contribution >= 0.6 is 0 Å². The number of para-hydroxylation sites is 1. The van der Waals surface area contributed by atoms with Crippen LogP contribution in [-0.4, -0.2) is 45.0 Å². The SMILES string of the molecule is CCC(CC(O)(C=Nc1cccc2c1cnn2-c1ccc(F)nc1)C(F)(F)F)c1cccc(F)c1OC. The highest BCUT2D eigenvalue weighted by atomic mass is 19.4. The number of pyridine rings is 1. The lowest BCUT2D eigenvalue weighted by atomic mass is 9.84. The number of alkyl halides is 3. The van der Waals surface area contributed by atoms with E-state index in [2.05, 4.69) is 15.1 Å². The number of hydrogen-bond donors (Lipinski definition) is 1. The van der Waals surface area contributed by atoms with Crippen molar-refractivity contribution in [2.75, 3.05) is 7.11 Å². The predicted molar refractivity (Wildman–Crippen MR) is 129 cm³/mol. The molecule has 0 amide bonds. The number of aliphatic imine (C=N–C) groups is 1. The van der Waals surface area contributed by atoms with Crippen molar-refractivity contribution in [3.8, 4) is 11.4 Å². The third kappa shape index (κ3) is 5.17. The quantitative estimate of drug-likeness (QED) is 0.169. The molecular weight excluding hydrogens is 495 g/mol. The summed E-state index contributed by atoms with van der Waals surface area (Å²) in [5.41, 5.74) is -2.02. The van der Waals surface area contributed by atoms with E-state index in [1.807, 2.05) is 0 Å². The van der Waals surface area contributed by atoms with Crippen LogP contribution < -0.4 is 4.74 Å². The number of methoxy groups -OCH3 is 1. The third-order valence-electron chi connectivity index (χ3n) is 6.15. The predicted octanol–water partition coefficient (Wildman–Crippen LogP) is 6.29. The van der Waals surface area contributed by atoms with Gasteiger partial charge >= 0.3 is 6.18 Å². The summed E-state index contributed by atoms with van der Waals surface area (Å²) >= 11 is 0. The number of fused-ring (bicyclic) bond motifs is 1. The molecule has 2 heterocycles. The van der Waals surface area contributed by atoms with Gasteiger partial charge in [-0.1, -0.05) is 25.1 Å². The van der Waals surface area contributed by atoms with Gasteiger partial charge < -0.3 is 9.84 Å². The van der Waals surface area contributed by atoms with Gasteiger partial charge in [0, 0.05) is 17.2 Å². The van der Waals surface area contributed by atoms with Crippen molar-refractivity contribution < 1.29 is 31.8 Å². The van der Waals surface area contributed by atoms with Crippen LogP contribution in [0.2, 0.25) is 0 Å². The fourth-order valence-corrected chi connectivity index (χ4v) is 4.18. The molecule has 0 fully saturated rings. The molecule has 2 atom stereocenters. The van der Waals surface area contributed by atoms with Gasteiger partial charge in [0.05, 0.1) is 36.4 Å². The van der Waals surface area contributed by atoms with Crippen molar-refractivity contribution in [3.05, 3.63) is 78.3 Å². The van der Waals surface area contributed by atoms with Crippen LogP contribution in [0.15, 0.2) is 65.9 Å². The summed E-state index contributed by atoms with van der Waals surface area (Å²) in [7, 11) is 1.23. The minimum Gasteiger partial charge on any atom is -0.493 e. The monoisotopic (exact) mass is 518 g/mol. The maximum absolute atomic E-state index is 14.2. The Bertz CT molecular complexity index is 1420. The van der Waals surface area contributed by atoms with Gasteiger partial charge in [-0.15, -0.1) is 0 Å². The Morgan fingerprint density at radius 3 is 2.49 bits per heavy atom. The van der Waals surface area contributed by atoms with Crippen molar-refractivity contribution in [2.24, 2.45) is 4.99 Å². The molecular formula is C26H23F5N4O2. The summed E-state index contributed by atoms with van der Waals surface area (Å²) in [6.45, 7) is 1.64. The Morgan fingerprint density at radius 2 is 1.84 bits per heavy atom. The summed E-state index contributed by atoms with van der Waals surface area (Å²) in [4.78, 5) is 7.60. The number of benzene rings is 2. The minimum atomic E-state index is -5.07. The fraction of sp³-hybridized carbons (Fsp3) is 0.269. The number of rotatable bonds is 8. The summed E-state index contributed by atoms with van der Waals surface area (Å²) in [5, 5.41) is 15.4. The largest absolute Gasteiger partial charge is 0.493 e. The first-order valence-electron chi connectivity index (χ1n) is 11.3. The van der Waals surface area contributed by atoms with Crippen LogP contribution in [0, 0.1) is 11.8 Å². The van der Waals surface area contributed by atoms with Crippen LogP contribution in [0.25, 0.3) is 16.6 Å².